The molecule has 146 valence electrons. The number of hydrogen-bond donors (Lipinski definition) is 2. The van der Waals surface area contributed by atoms with Crippen LogP contribution in [-0.2, 0) is 0 Å². The van der Waals surface area contributed by atoms with E-state index in [0.717, 1.165) is 34.3 Å². The Labute approximate surface area is 171 Å². The highest BCUT2D eigenvalue weighted by Crippen LogP contribution is 2.34. The zero-order valence-corrected chi connectivity index (χ0v) is 17.9. The van der Waals surface area contributed by atoms with Crippen molar-refractivity contribution in [2.75, 3.05) is 13.1 Å². The second kappa shape index (κ2) is 8.87. The molecule has 0 amide bonds. The summed E-state index contributed by atoms with van der Waals surface area (Å²) in [6.45, 7) is 8.11. The zero-order chi connectivity index (χ0) is 19.6. The van der Waals surface area contributed by atoms with Gasteiger partial charge in [0.2, 0.25) is 0 Å². The lowest BCUT2D eigenvalue weighted by atomic mass is 9.86. The minimum Gasteiger partial charge on any atom is -0.388 e. The fourth-order valence-electron chi connectivity index (χ4n) is 4.37. The number of piperidine rings is 1. The van der Waals surface area contributed by atoms with Crippen molar-refractivity contribution in [2.45, 2.75) is 45.4 Å². The molecule has 5 atom stereocenters. The first-order valence-electron chi connectivity index (χ1n) is 9.82. The molecule has 2 N–H and O–H groups in total. The molecule has 3 rings (SSSR count). The Morgan fingerprint density at radius 2 is 1.56 bits per heavy atom. The highest BCUT2D eigenvalue weighted by molar-refractivity contribution is 9.10. The van der Waals surface area contributed by atoms with Gasteiger partial charge in [-0.15, -0.1) is 0 Å². The average Bonchev–Trinajstić information content (AvgIpc) is 2.66. The molecule has 1 aliphatic rings. The molecule has 4 heteroatoms. The number of hydrogen-bond acceptors (Lipinski definition) is 3. The monoisotopic (exact) mass is 431 g/mol. The fraction of sp³-hybridized carbons (Fsp3) is 0.478. The van der Waals surface area contributed by atoms with Crippen LogP contribution in [0, 0.1) is 11.8 Å². The molecule has 5 unspecified atom stereocenters. The van der Waals surface area contributed by atoms with Gasteiger partial charge in [0.05, 0.1) is 0 Å². The first-order valence-corrected chi connectivity index (χ1v) is 10.6. The van der Waals surface area contributed by atoms with Crippen LogP contribution in [-0.4, -0.2) is 40.5 Å². The van der Waals surface area contributed by atoms with E-state index in [0.29, 0.717) is 11.8 Å². The molecule has 1 aliphatic heterocycles. The van der Waals surface area contributed by atoms with E-state index in [1.165, 1.54) is 6.42 Å². The van der Waals surface area contributed by atoms with Crippen LogP contribution >= 0.6 is 15.9 Å². The van der Waals surface area contributed by atoms with E-state index < -0.39 is 12.3 Å². The Morgan fingerprint density at radius 3 is 2.19 bits per heavy atom. The predicted molar refractivity (Wildman–Crippen MR) is 115 cm³/mol. The molecule has 2 aromatic rings. The van der Waals surface area contributed by atoms with Gasteiger partial charge in [-0.3, -0.25) is 4.90 Å². The minimum absolute atomic E-state index is 0.174. The molecule has 0 saturated carbocycles. The van der Waals surface area contributed by atoms with E-state index in [1.54, 1.807) is 0 Å². The normalized spacial score (nSPS) is 24.4. The number of likely N-dealkylation sites (tertiary alicyclic amines) is 1. The Hall–Kier alpha value is -1.20. The molecule has 0 aliphatic carbocycles. The quantitative estimate of drug-likeness (QED) is 0.708. The third kappa shape index (κ3) is 4.80. The van der Waals surface area contributed by atoms with Gasteiger partial charge >= 0.3 is 0 Å². The van der Waals surface area contributed by atoms with Gasteiger partial charge in [0, 0.05) is 23.5 Å². The van der Waals surface area contributed by atoms with Crippen LogP contribution in [0.5, 0.6) is 0 Å². The molecular weight excluding hydrogens is 402 g/mol. The molecule has 0 spiro atoms. The van der Waals surface area contributed by atoms with Crippen LogP contribution in [0.4, 0.5) is 0 Å². The predicted octanol–water partition coefficient (Wildman–Crippen LogP) is 4.88. The molecule has 1 fully saturated rings. The van der Waals surface area contributed by atoms with Gasteiger partial charge in [0.15, 0.2) is 0 Å². The standard InChI is InChI=1S/C23H30BrNO2/c1-15-12-16(2)14-25(13-15)23(27)22(26)17(3)20-6-4-5-7-21(20)18-8-10-19(24)11-9-18/h4-11,15-17,22-23,26-27H,12-14H2,1-3H3. The highest BCUT2D eigenvalue weighted by Gasteiger charge is 2.33. The first-order chi connectivity index (χ1) is 12.9. The van der Waals surface area contributed by atoms with Crippen LogP contribution < -0.4 is 0 Å². The molecule has 1 heterocycles. The molecule has 0 aromatic heterocycles. The lowest BCUT2D eigenvalue weighted by Crippen LogP contribution is -2.51. The van der Waals surface area contributed by atoms with Crippen LogP contribution in [0.15, 0.2) is 53.0 Å². The summed E-state index contributed by atoms with van der Waals surface area (Å²) in [5, 5.41) is 21.9. The minimum atomic E-state index is -0.844. The van der Waals surface area contributed by atoms with Gasteiger partial charge in [-0.25, -0.2) is 0 Å². The van der Waals surface area contributed by atoms with Crippen molar-refractivity contribution < 1.29 is 10.2 Å². The Bertz CT molecular complexity index is 738. The summed E-state index contributed by atoms with van der Waals surface area (Å²) in [4.78, 5) is 2.04. The lowest BCUT2D eigenvalue weighted by molar-refractivity contribution is -0.109. The Morgan fingerprint density at radius 1 is 0.963 bits per heavy atom. The van der Waals surface area contributed by atoms with Gasteiger partial charge in [-0.05, 0) is 47.1 Å². The SMILES string of the molecule is CC1CC(C)CN(C(O)C(O)C(C)c2ccccc2-c2ccc(Br)cc2)C1. The van der Waals surface area contributed by atoms with Crippen molar-refractivity contribution in [2.24, 2.45) is 11.8 Å². The third-order valence-electron chi connectivity index (χ3n) is 5.70. The Kier molecular flexibility index (Phi) is 6.74. The van der Waals surface area contributed by atoms with Gasteiger partial charge in [0.25, 0.3) is 0 Å². The summed E-state index contributed by atoms with van der Waals surface area (Å²) < 4.78 is 1.04. The fourth-order valence-corrected chi connectivity index (χ4v) is 4.64. The summed E-state index contributed by atoms with van der Waals surface area (Å²) in [5.74, 6) is 0.911. The highest BCUT2D eigenvalue weighted by atomic mass is 79.9. The van der Waals surface area contributed by atoms with Crippen LogP contribution in [0.3, 0.4) is 0 Å². The molecule has 0 bridgehead atoms. The second-order valence-corrected chi connectivity index (χ2v) is 9.10. The maximum Gasteiger partial charge on any atom is 0.134 e. The van der Waals surface area contributed by atoms with E-state index in [-0.39, 0.29) is 5.92 Å². The largest absolute Gasteiger partial charge is 0.388 e. The molecule has 0 radical (unpaired) electrons. The molecule has 3 nitrogen and oxygen atoms in total. The van der Waals surface area contributed by atoms with Crippen molar-refractivity contribution in [3.63, 3.8) is 0 Å². The summed E-state index contributed by atoms with van der Waals surface area (Å²) in [6.07, 6.45) is -0.497. The maximum absolute atomic E-state index is 11.0. The topological polar surface area (TPSA) is 43.7 Å². The first kappa shape index (κ1) is 20.5. The number of rotatable bonds is 5. The van der Waals surface area contributed by atoms with Crippen molar-refractivity contribution in [3.05, 3.63) is 58.6 Å². The van der Waals surface area contributed by atoms with Crippen molar-refractivity contribution in [3.8, 4) is 11.1 Å². The number of aliphatic hydroxyl groups excluding tert-OH is 2. The average molecular weight is 432 g/mol. The van der Waals surface area contributed by atoms with Gasteiger partial charge in [-0.2, -0.15) is 0 Å². The van der Waals surface area contributed by atoms with Gasteiger partial charge < -0.3 is 10.2 Å². The second-order valence-electron chi connectivity index (χ2n) is 8.19. The van der Waals surface area contributed by atoms with E-state index in [1.807, 2.05) is 36.1 Å². The molecule has 2 aromatic carbocycles. The number of nitrogens with zero attached hydrogens (tertiary/aromatic N) is 1. The van der Waals surface area contributed by atoms with Crippen LogP contribution in [0.2, 0.25) is 0 Å². The smallest absolute Gasteiger partial charge is 0.134 e. The summed E-state index contributed by atoms with van der Waals surface area (Å²) in [5.41, 5.74) is 3.27. The van der Waals surface area contributed by atoms with Crippen molar-refractivity contribution in [1.82, 2.24) is 4.90 Å². The van der Waals surface area contributed by atoms with Crippen molar-refractivity contribution >= 4 is 15.9 Å². The summed E-state index contributed by atoms with van der Waals surface area (Å²) in [6, 6.07) is 16.4. The van der Waals surface area contributed by atoms with Crippen LogP contribution in [0.1, 0.15) is 38.7 Å². The molecular formula is C23H30BrNO2. The van der Waals surface area contributed by atoms with Crippen molar-refractivity contribution in [1.29, 1.82) is 0 Å². The number of benzene rings is 2. The van der Waals surface area contributed by atoms with E-state index in [9.17, 15) is 10.2 Å². The Balaban J connectivity index is 1.83. The lowest BCUT2D eigenvalue weighted by Gasteiger charge is -2.40. The van der Waals surface area contributed by atoms with Gasteiger partial charge in [-0.1, -0.05) is 73.1 Å². The van der Waals surface area contributed by atoms with E-state index in [4.69, 9.17) is 0 Å². The number of halogens is 1. The van der Waals surface area contributed by atoms with E-state index in [2.05, 4.69) is 54.0 Å². The summed E-state index contributed by atoms with van der Waals surface area (Å²) in [7, 11) is 0. The number of aliphatic hydroxyl groups is 2. The van der Waals surface area contributed by atoms with Gasteiger partial charge in [0.1, 0.15) is 12.3 Å². The third-order valence-corrected chi connectivity index (χ3v) is 6.22. The zero-order valence-electron chi connectivity index (χ0n) is 16.3. The molecule has 27 heavy (non-hydrogen) atoms. The molecule has 1 saturated heterocycles. The van der Waals surface area contributed by atoms with Crippen LogP contribution in [0.25, 0.3) is 11.1 Å². The van der Waals surface area contributed by atoms with E-state index >= 15 is 0 Å². The summed E-state index contributed by atoms with van der Waals surface area (Å²) >= 11 is 3.48. The maximum atomic E-state index is 11.0.